The Hall–Kier alpha value is -1.99. The Bertz CT molecular complexity index is 940. The maximum Gasteiger partial charge on any atom is 0.141 e. The number of nitriles is 1. The summed E-state index contributed by atoms with van der Waals surface area (Å²) < 4.78 is 1.03. The van der Waals surface area contributed by atoms with Crippen LogP contribution in [-0.2, 0) is 0 Å². The fourth-order valence-corrected chi connectivity index (χ4v) is 4.83. The van der Waals surface area contributed by atoms with Gasteiger partial charge in [0.1, 0.15) is 15.6 Å². The van der Waals surface area contributed by atoms with E-state index in [0.29, 0.717) is 6.42 Å². The third-order valence-corrected chi connectivity index (χ3v) is 6.28. The Morgan fingerprint density at radius 1 is 1.52 bits per heavy atom. The van der Waals surface area contributed by atoms with Crippen molar-refractivity contribution in [3.05, 3.63) is 31.0 Å². The number of hydrogen-bond donors (Lipinski definition) is 2. The lowest BCUT2D eigenvalue weighted by atomic mass is 9.94. The first-order valence-electron chi connectivity index (χ1n) is 8.21. The maximum absolute atomic E-state index is 10.7. The summed E-state index contributed by atoms with van der Waals surface area (Å²) in [6, 6.07) is 4.04. The Morgan fingerprint density at radius 2 is 2.40 bits per heavy atom. The van der Waals surface area contributed by atoms with E-state index in [1.165, 1.54) is 6.33 Å². The zero-order chi connectivity index (χ0) is 17.4. The van der Waals surface area contributed by atoms with Crippen molar-refractivity contribution in [3.63, 3.8) is 0 Å². The first-order chi connectivity index (χ1) is 12.1. The van der Waals surface area contributed by atoms with E-state index < -0.39 is 3.61 Å². The van der Waals surface area contributed by atoms with Gasteiger partial charge >= 0.3 is 0 Å². The van der Waals surface area contributed by atoms with Crippen LogP contribution in [0.4, 0.5) is 0 Å². The predicted octanol–water partition coefficient (Wildman–Crippen LogP) is 3.20. The molecule has 0 amide bonds. The SMILES string of the molecule is N#CC[C@H]([C@H]1CCC[C@]1(O)I)n1cc(-c2ncnc3[nH]ccc23)cn1. The third-order valence-electron chi connectivity index (χ3n) is 4.94. The monoisotopic (exact) mass is 448 g/mol. The van der Waals surface area contributed by atoms with Crippen LogP contribution in [0.1, 0.15) is 31.7 Å². The molecule has 0 saturated heterocycles. The number of halogens is 1. The molecule has 1 saturated carbocycles. The van der Waals surface area contributed by atoms with Gasteiger partial charge in [0.25, 0.3) is 0 Å². The number of alkyl halides is 1. The zero-order valence-electron chi connectivity index (χ0n) is 13.4. The van der Waals surface area contributed by atoms with Crippen molar-refractivity contribution >= 4 is 33.6 Å². The molecule has 4 rings (SSSR count). The molecule has 0 aromatic carbocycles. The molecular formula is C17H17IN6O. The number of H-pyrrole nitrogens is 1. The zero-order valence-corrected chi connectivity index (χ0v) is 15.6. The van der Waals surface area contributed by atoms with E-state index in [1.54, 1.807) is 6.20 Å². The first kappa shape index (κ1) is 16.5. The van der Waals surface area contributed by atoms with Gasteiger partial charge in [-0.05, 0) is 47.9 Å². The van der Waals surface area contributed by atoms with Gasteiger partial charge in [-0.2, -0.15) is 10.4 Å². The number of aromatic nitrogens is 5. The first-order valence-corrected chi connectivity index (χ1v) is 9.29. The molecule has 1 fully saturated rings. The molecule has 3 heterocycles. The molecule has 128 valence electrons. The van der Waals surface area contributed by atoms with Crippen LogP contribution in [0.15, 0.2) is 31.0 Å². The fourth-order valence-electron chi connectivity index (χ4n) is 3.72. The quantitative estimate of drug-likeness (QED) is 0.472. The van der Waals surface area contributed by atoms with Gasteiger partial charge in [-0.25, -0.2) is 9.97 Å². The number of nitrogens with zero attached hydrogens (tertiary/aromatic N) is 5. The summed E-state index contributed by atoms with van der Waals surface area (Å²) in [6.45, 7) is 0. The van der Waals surface area contributed by atoms with Gasteiger partial charge in [-0.15, -0.1) is 0 Å². The lowest BCUT2D eigenvalue weighted by Gasteiger charge is -2.30. The number of aromatic amines is 1. The van der Waals surface area contributed by atoms with E-state index in [9.17, 15) is 10.4 Å². The summed E-state index contributed by atoms with van der Waals surface area (Å²) >= 11 is 2.12. The summed E-state index contributed by atoms with van der Waals surface area (Å²) in [5.74, 6) is 0.0122. The van der Waals surface area contributed by atoms with Crippen LogP contribution in [0.25, 0.3) is 22.3 Å². The minimum absolute atomic E-state index is 0.0122. The highest BCUT2D eigenvalue weighted by molar-refractivity contribution is 14.1. The van der Waals surface area contributed by atoms with E-state index in [-0.39, 0.29) is 12.0 Å². The van der Waals surface area contributed by atoms with Crippen molar-refractivity contribution in [2.24, 2.45) is 5.92 Å². The number of nitrogens with one attached hydrogen (secondary N) is 1. The van der Waals surface area contributed by atoms with Crippen molar-refractivity contribution < 1.29 is 5.11 Å². The van der Waals surface area contributed by atoms with Crippen LogP contribution in [-0.4, -0.2) is 33.4 Å². The molecule has 0 spiro atoms. The van der Waals surface area contributed by atoms with E-state index in [2.05, 4.69) is 48.7 Å². The lowest BCUT2D eigenvalue weighted by molar-refractivity contribution is 0.0814. The highest BCUT2D eigenvalue weighted by atomic mass is 127. The lowest BCUT2D eigenvalue weighted by Crippen LogP contribution is -2.33. The molecule has 3 aromatic heterocycles. The number of aliphatic hydroxyl groups is 1. The second-order valence-corrected chi connectivity index (χ2v) is 8.29. The molecule has 0 radical (unpaired) electrons. The number of hydrogen-bond acceptors (Lipinski definition) is 5. The summed E-state index contributed by atoms with van der Waals surface area (Å²) in [6.07, 6.45) is 9.98. The molecular weight excluding hydrogens is 431 g/mol. The summed E-state index contributed by atoms with van der Waals surface area (Å²) in [7, 11) is 0. The normalized spacial score (nSPS) is 24.4. The highest BCUT2D eigenvalue weighted by Crippen LogP contribution is 2.47. The minimum atomic E-state index is -0.784. The molecule has 0 aliphatic heterocycles. The molecule has 7 nitrogen and oxygen atoms in total. The molecule has 8 heteroatoms. The maximum atomic E-state index is 10.7. The van der Waals surface area contributed by atoms with E-state index in [4.69, 9.17) is 0 Å². The van der Waals surface area contributed by atoms with Crippen molar-refractivity contribution in [2.45, 2.75) is 35.3 Å². The smallest absolute Gasteiger partial charge is 0.141 e. The molecule has 0 bridgehead atoms. The Morgan fingerprint density at radius 3 is 3.16 bits per heavy atom. The number of rotatable bonds is 4. The molecule has 1 aliphatic carbocycles. The largest absolute Gasteiger partial charge is 0.379 e. The van der Waals surface area contributed by atoms with Crippen LogP contribution in [0.2, 0.25) is 0 Å². The van der Waals surface area contributed by atoms with Crippen molar-refractivity contribution in [2.75, 3.05) is 0 Å². The van der Waals surface area contributed by atoms with E-state index in [1.807, 2.05) is 23.1 Å². The second-order valence-electron chi connectivity index (χ2n) is 6.42. The Balaban J connectivity index is 1.72. The van der Waals surface area contributed by atoms with Gasteiger partial charge in [0.2, 0.25) is 0 Å². The van der Waals surface area contributed by atoms with Gasteiger partial charge in [0.05, 0.1) is 30.4 Å². The predicted molar refractivity (Wildman–Crippen MR) is 101 cm³/mol. The van der Waals surface area contributed by atoms with Gasteiger partial charge in [0.15, 0.2) is 0 Å². The Kier molecular flexibility index (Phi) is 4.21. The van der Waals surface area contributed by atoms with Gasteiger partial charge in [0, 0.05) is 29.3 Å². The minimum Gasteiger partial charge on any atom is -0.379 e. The van der Waals surface area contributed by atoms with Crippen LogP contribution in [0.3, 0.4) is 0 Å². The molecule has 3 atom stereocenters. The molecule has 0 unspecified atom stereocenters. The molecule has 2 N–H and O–H groups in total. The van der Waals surface area contributed by atoms with Gasteiger partial charge in [-0.3, -0.25) is 4.68 Å². The van der Waals surface area contributed by atoms with Crippen LogP contribution < -0.4 is 0 Å². The van der Waals surface area contributed by atoms with Gasteiger partial charge < -0.3 is 10.1 Å². The summed E-state index contributed by atoms with van der Waals surface area (Å²) in [5.41, 5.74) is 2.47. The van der Waals surface area contributed by atoms with Crippen molar-refractivity contribution in [1.82, 2.24) is 24.7 Å². The highest BCUT2D eigenvalue weighted by Gasteiger charge is 2.44. The van der Waals surface area contributed by atoms with Crippen molar-refractivity contribution in [3.8, 4) is 17.3 Å². The van der Waals surface area contributed by atoms with E-state index in [0.717, 1.165) is 41.6 Å². The fraction of sp³-hybridized carbons (Fsp3) is 0.412. The average Bonchev–Trinajstić information content (AvgIpc) is 3.31. The average molecular weight is 448 g/mol. The topological polar surface area (TPSA) is 103 Å². The molecule has 25 heavy (non-hydrogen) atoms. The summed E-state index contributed by atoms with van der Waals surface area (Å²) in [4.78, 5) is 11.7. The Labute approximate surface area is 158 Å². The van der Waals surface area contributed by atoms with E-state index >= 15 is 0 Å². The number of fused-ring (bicyclic) bond motifs is 1. The third kappa shape index (κ3) is 2.91. The van der Waals surface area contributed by atoms with Gasteiger partial charge in [-0.1, -0.05) is 0 Å². The van der Waals surface area contributed by atoms with Crippen molar-refractivity contribution in [1.29, 1.82) is 5.26 Å². The standard InChI is InChI=1S/C17H17IN6O/c18-17(25)5-1-2-13(17)14(3-6-19)24-9-11(8-23-24)15-12-4-7-20-16(12)22-10-21-15/h4,7-10,13-14,25H,1-3,5H2,(H,20,21,22)/t13-,14-,17-/m1/s1. The second kappa shape index (κ2) is 6.38. The molecule has 3 aromatic rings. The van der Waals surface area contributed by atoms with Crippen LogP contribution in [0, 0.1) is 17.2 Å². The summed E-state index contributed by atoms with van der Waals surface area (Å²) in [5, 5.41) is 25.4. The molecule has 1 aliphatic rings. The van der Waals surface area contributed by atoms with Crippen LogP contribution >= 0.6 is 22.6 Å². The van der Waals surface area contributed by atoms with Crippen LogP contribution in [0.5, 0.6) is 0 Å².